The number of hydrogen-bond acceptors (Lipinski definition) is 10. The zero-order valence-electron chi connectivity index (χ0n) is 33.5. The Morgan fingerprint density at radius 3 is 2.37 bits per heavy atom. The molecule has 1 aliphatic heterocycles. The fraction of sp³-hybridized carbons (Fsp3) is 0.349. The Hall–Kier alpha value is -5.54. The molecule has 14 nitrogen and oxygen atoms in total. The van der Waals surface area contributed by atoms with Gasteiger partial charge in [-0.3, -0.25) is 18.8 Å². The number of hydrogen-bond donors (Lipinski definition) is 4. The van der Waals surface area contributed by atoms with Crippen molar-refractivity contribution >= 4 is 46.8 Å². The van der Waals surface area contributed by atoms with Gasteiger partial charge in [-0.1, -0.05) is 59.6 Å². The molecular formula is C43H47Cl2N7O7. The third-order valence-electron chi connectivity index (χ3n) is 9.72. The number of nitrogens with one attached hydrogen (secondary N) is 3. The van der Waals surface area contributed by atoms with Crippen LogP contribution in [0.25, 0.3) is 39.2 Å². The zero-order chi connectivity index (χ0) is 42.4. The molecule has 310 valence electrons. The first-order valence-corrected chi connectivity index (χ1v) is 19.9. The first kappa shape index (κ1) is 43.0. The third kappa shape index (κ3) is 10.4. The van der Waals surface area contributed by atoms with Gasteiger partial charge in [0.2, 0.25) is 17.7 Å². The molecule has 4 N–H and O–H groups in total. The fourth-order valence-electron chi connectivity index (χ4n) is 6.80. The Bertz CT molecular complexity index is 2430. The number of halogens is 2. The first-order chi connectivity index (χ1) is 28.1. The molecule has 0 radical (unpaired) electrons. The smallest absolute Gasteiger partial charge is 0.410 e. The summed E-state index contributed by atoms with van der Waals surface area (Å²) in [6.45, 7) is 6.10. The summed E-state index contributed by atoms with van der Waals surface area (Å²) in [4.78, 5) is 60.9. The van der Waals surface area contributed by atoms with Gasteiger partial charge in [-0.25, -0.2) is 14.8 Å². The molecule has 1 aliphatic rings. The maximum Gasteiger partial charge on any atom is 0.410 e. The second-order valence-corrected chi connectivity index (χ2v) is 16.0. The maximum absolute atomic E-state index is 13.3. The Morgan fingerprint density at radius 2 is 1.71 bits per heavy atom. The minimum absolute atomic E-state index is 0.0466. The molecule has 6 rings (SSSR count). The zero-order valence-corrected chi connectivity index (χ0v) is 35.0. The van der Waals surface area contributed by atoms with Crippen molar-refractivity contribution in [1.82, 2.24) is 35.2 Å². The Morgan fingerprint density at radius 1 is 1.02 bits per heavy atom. The molecule has 5 aromatic rings. The van der Waals surface area contributed by atoms with E-state index in [0.717, 1.165) is 5.56 Å². The summed E-state index contributed by atoms with van der Waals surface area (Å²) in [7, 11) is 3.01. The number of aromatic nitrogens is 3. The van der Waals surface area contributed by atoms with E-state index in [2.05, 4.69) is 20.9 Å². The molecule has 0 aliphatic carbocycles. The lowest BCUT2D eigenvalue weighted by molar-refractivity contribution is -0.122. The number of amides is 3. The van der Waals surface area contributed by atoms with E-state index in [0.29, 0.717) is 73.5 Å². The number of aliphatic hydroxyl groups is 1. The van der Waals surface area contributed by atoms with Crippen LogP contribution in [0.5, 0.6) is 5.88 Å². The van der Waals surface area contributed by atoms with Gasteiger partial charge < -0.3 is 35.4 Å². The second-order valence-electron chi connectivity index (χ2n) is 15.3. The summed E-state index contributed by atoms with van der Waals surface area (Å²) in [6.07, 6.45) is 2.70. The molecule has 3 amide bonds. The predicted molar refractivity (Wildman–Crippen MR) is 226 cm³/mol. The number of pyridine rings is 2. The first-order valence-electron chi connectivity index (χ1n) is 19.1. The van der Waals surface area contributed by atoms with E-state index >= 15 is 0 Å². The summed E-state index contributed by atoms with van der Waals surface area (Å²) in [5.41, 5.74) is 4.43. The van der Waals surface area contributed by atoms with Crippen molar-refractivity contribution in [2.24, 2.45) is 0 Å². The van der Waals surface area contributed by atoms with E-state index in [1.165, 1.54) is 24.8 Å². The lowest BCUT2D eigenvalue weighted by atomic mass is 9.97. The number of carbonyl (C=O) groups excluding carboxylic acids is 3. The van der Waals surface area contributed by atoms with Crippen molar-refractivity contribution in [3.05, 3.63) is 105 Å². The van der Waals surface area contributed by atoms with Crippen LogP contribution in [0.15, 0.2) is 77.9 Å². The van der Waals surface area contributed by atoms with Crippen molar-refractivity contribution in [3.8, 4) is 39.4 Å². The molecular weight excluding hydrogens is 797 g/mol. The Labute approximate surface area is 351 Å². The highest BCUT2D eigenvalue weighted by molar-refractivity contribution is 6.39. The van der Waals surface area contributed by atoms with Gasteiger partial charge in [-0.05, 0) is 57.0 Å². The highest BCUT2D eigenvalue weighted by Crippen LogP contribution is 2.42. The number of rotatable bonds is 14. The molecule has 0 bridgehead atoms. The normalized spacial score (nSPS) is 14.5. The van der Waals surface area contributed by atoms with Crippen LogP contribution in [0, 0.1) is 0 Å². The number of nitrogens with zero attached hydrogens (tertiary/aromatic N) is 4. The average molecular weight is 845 g/mol. The predicted octanol–water partition coefficient (Wildman–Crippen LogP) is 6.01. The minimum Gasteiger partial charge on any atom is -0.481 e. The number of benzene rings is 2. The molecule has 2 atom stereocenters. The van der Waals surface area contributed by atoms with E-state index in [1.54, 1.807) is 44.0 Å². The number of ether oxygens (including phenoxy) is 2. The van der Waals surface area contributed by atoms with Crippen LogP contribution in [0.2, 0.25) is 10.0 Å². The second kappa shape index (κ2) is 18.6. The van der Waals surface area contributed by atoms with Gasteiger partial charge in [0, 0.05) is 84.9 Å². The van der Waals surface area contributed by atoms with Crippen molar-refractivity contribution < 1.29 is 29.0 Å². The monoisotopic (exact) mass is 843 g/mol. The van der Waals surface area contributed by atoms with E-state index in [-0.39, 0.29) is 56.0 Å². The topological polar surface area (TPSA) is 176 Å². The van der Waals surface area contributed by atoms with Crippen molar-refractivity contribution in [2.75, 3.05) is 27.2 Å². The van der Waals surface area contributed by atoms with Crippen LogP contribution in [0.4, 0.5) is 4.79 Å². The van der Waals surface area contributed by atoms with Crippen LogP contribution >= 0.6 is 23.2 Å². The van der Waals surface area contributed by atoms with E-state index in [1.807, 2.05) is 48.5 Å². The van der Waals surface area contributed by atoms with Crippen LogP contribution in [-0.4, -0.2) is 87.3 Å². The molecule has 3 aromatic heterocycles. The van der Waals surface area contributed by atoms with E-state index in [9.17, 15) is 24.3 Å². The van der Waals surface area contributed by atoms with Gasteiger partial charge >= 0.3 is 6.09 Å². The van der Waals surface area contributed by atoms with Crippen molar-refractivity contribution in [1.29, 1.82) is 0 Å². The molecule has 16 heteroatoms. The van der Waals surface area contributed by atoms with E-state index in [4.69, 9.17) is 37.7 Å². The van der Waals surface area contributed by atoms with Crippen LogP contribution in [0.3, 0.4) is 0 Å². The van der Waals surface area contributed by atoms with Gasteiger partial charge in [0.15, 0.2) is 0 Å². The van der Waals surface area contributed by atoms with Gasteiger partial charge in [0.25, 0.3) is 5.56 Å². The van der Waals surface area contributed by atoms with Gasteiger partial charge in [-0.2, -0.15) is 0 Å². The quantitative estimate of drug-likeness (QED) is 0.104. The Kier molecular flexibility index (Phi) is 13.6. The summed E-state index contributed by atoms with van der Waals surface area (Å²) >= 11 is 14.3. The van der Waals surface area contributed by atoms with Gasteiger partial charge in [0.05, 0.1) is 41.9 Å². The number of aliphatic hydroxyl groups excluding tert-OH is 1. The van der Waals surface area contributed by atoms with E-state index < -0.39 is 17.8 Å². The molecule has 0 spiro atoms. The summed E-state index contributed by atoms with van der Waals surface area (Å²) in [5.74, 6) is -0.0198. The standard InChI is InChI=1S/C43H47Cl2N7O7/c1-43(2,3)59-42(57)51(24-28-13-15-36(54)49-28)23-26-12-14-34(50-40(26)58-5)33-11-7-10-32(39(33)45)31-9-6-8-30(38(31)44)25-16-17-52-35(18-25)48-21-27(41(52)56)20-47-22-29(53)19-37(55)46-4/h6-12,14,16-18,21,28-29,47,53H,13,15,19-20,22-24H2,1-5H3,(H,46,55)(H,49,54)/t28-,29?/m0/s1. The number of carbonyl (C=O) groups is 3. The van der Waals surface area contributed by atoms with Crippen LogP contribution < -0.4 is 26.2 Å². The summed E-state index contributed by atoms with van der Waals surface area (Å²) in [6, 6.07) is 18.2. The van der Waals surface area contributed by atoms with Crippen molar-refractivity contribution in [2.45, 2.75) is 70.9 Å². The molecule has 1 saturated heterocycles. The largest absolute Gasteiger partial charge is 0.481 e. The highest BCUT2D eigenvalue weighted by atomic mass is 35.5. The highest BCUT2D eigenvalue weighted by Gasteiger charge is 2.29. The molecule has 1 unspecified atom stereocenters. The third-order valence-corrected chi connectivity index (χ3v) is 10.5. The molecule has 1 fully saturated rings. The minimum atomic E-state index is -0.895. The van der Waals surface area contributed by atoms with Gasteiger partial charge in [0.1, 0.15) is 11.2 Å². The maximum atomic E-state index is 13.3. The molecule has 59 heavy (non-hydrogen) atoms. The number of fused-ring (bicyclic) bond motifs is 1. The lowest BCUT2D eigenvalue weighted by Crippen LogP contribution is -2.43. The number of methoxy groups -OCH3 is 1. The Balaban J connectivity index is 1.24. The molecule has 4 heterocycles. The van der Waals surface area contributed by atoms with Crippen molar-refractivity contribution in [3.63, 3.8) is 0 Å². The molecule has 0 saturated carbocycles. The summed E-state index contributed by atoms with van der Waals surface area (Å²) < 4.78 is 12.9. The lowest BCUT2D eigenvalue weighted by Gasteiger charge is -2.29. The molecule has 2 aromatic carbocycles. The van der Waals surface area contributed by atoms with Crippen LogP contribution in [0.1, 0.15) is 51.2 Å². The van der Waals surface area contributed by atoms with Gasteiger partial charge in [-0.15, -0.1) is 0 Å². The fourth-order valence-corrected chi connectivity index (χ4v) is 7.46. The van der Waals surface area contributed by atoms with Crippen LogP contribution in [-0.2, 0) is 27.4 Å². The summed E-state index contributed by atoms with van der Waals surface area (Å²) in [5, 5.41) is 19.3. The average Bonchev–Trinajstić information content (AvgIpc) is 3.62. The SMILES string of the molecule is CNC(=O)CC(O)CNCc1cnc2cc(-c3cccc(-c4cccc(-c5ccc(CN(C[C@@H]6CCC(=O)N6)C(=O)OC(C)(C)C)c(OC)n5)c4Cl)c3Cl)ccn2c1=O.